The first kappa shape index (κ1) is 12.2. The van der Waals surface area contributed by atoms with Crippen LogP contribution in [0.25, 0.3) is 0 Å². The number of rotatable bonds is 3. The number of alkyl halides is 3. The van der Waals surface area contributed by atoms with Gasteiger partial charge in [0.15, 0.2) is 0 Å². The molecule has 94 valence electrons. The van der Waals surface area contributed by atoms with Gasteiger partial charge in [-0.1, -0.05) is 6.42 Å². The molecule has 2 rings (SSSR count). The van der Waals surface area contributed by atoms with Gasteiger partial charge in [-0.15, -0.1) is 0 Å². The molecule has 2 aliphatic rings. The van der Waals surface area contributed by atoms with Gasteiger partial charge in [-0.3, -0.25) is 4.90 Å². The van der Waals surface area contributed by atoms with E-state index in [1.54, 1.807) is 4.90 Å². The largest absolute Gasteiger partial charge is 0.401 e. The first-order chi connectivity index (χ1) is 7.46. The summed E-state index contributed by atoms with van der Waals surface area (Å²) < 4.78 is 37.4. The van der Waals surface area contributed by atoms with Crippen LogP contribution < -0.4 is 5.73 Å². The zero-order valence-corrected chi connectivity index (χ0v) is 9.34. The maximum atomic E-state index is 12.5. The molecular weight excluding hydrogens is 217 g/mol. The van der Waals surface area contributed by atoms with Crippen molar-refractivity contribution in [1.29, 1.82) is 0 Å². The van der Waals surface area contributed by atoms with Crippen LogP contribution in [0.1, 0.15) is 38.5 Å². The zero-order chi connectivity index (χ0) is 11.8. The second-order valence-corrected chi connectivity index (χ2v) is 5.10. The summed E-state index contributed by atoms with van der Waals surface area (Å²) in [5.41, 5.74) is 5.84. The molecule has 0 aliphatic heterocycles. The minimum absolute atomic E-state index is 0.0536. The normalized spacial score (nSPS) is 32.1. The van der Waals surface area contributed by atoms with Crippen LogP contribution in [0.3, 0.4) is 0 Å². The molecule has 2 nitrogen and oxygen atoms in total. The fourth-order valence-corrected chi connectivity index (χ4v) is 2.67. The Kier molecular flexibility index (Phi) is 3.45. The van der Waals surface area contributed by atoms with E-state index in [4.69, 9.17) is 5.73 Å². The maximum absolute atomic E-state index is 12.5. The second-order valence-electron chi connectivity index (χ2n) is 5.10. The molecule has 2 saturated carbocycles. The van der Waals surface area contributed by atoms with Crippen molar-refractivity contribution in [3.8, 4) is 0 Å². The Hall–Kier alpha value is -0.290. The van der Waals surface area contributed by atoms with E-state index >= 15 is 0 Å². The number of hydrogen-bond acceptors (Lipinski definition) is 2. The Bertz CT molecular complexity index is 238. The molecule has 2 unspecified atom stereocenters. The molecule has 0 radical (unpaired) electrons. The summed E-state index contributed by atoms with van der Waals surface area (Å²) in [5, 5.41) is 0. The van der Waals surface area contributed by atoms with Gasteiger partial charge in [0, 0.05) is 18.1 Å². The van der Waals surface area contributed by atoms with E-state index in [1.807, 2.05) is 0 Å². The lowest BCUT2D eigenvalue weighted by Gasteiger charge is -2.37. The van der Waals surface area contributed by atoms with Crippen LogP contribution >= 0.6 is 0 Å². The van der Waals surface area contributed by atoms with Gasteiger partial charge < -0.3 is 5.73 Å². The fraction of sp³-hybridized carbons (Fsp3) is 1.00. The van der Waals surface area contributed by atoms with Crippen LogP contribution in [0, 0.1) is 0 Å². The monoisotopic (exact) mass is 236 g/mol. The third-order valence-electron chi connectivity index (χ3n) is 3.53. The highest BCUT2D eigenvalue weighted by molar-refractivity contribution is 4.92. The van der Waals surface area contributed by atoms with Gasteiger partial charge in [0.05, 0.1) is 6.54 Å². The van der Waals surface area contributed by atoms with Crippen LogP contribution in [0.5, 0.6) is 0 Å². The Labute approximate surface area is 94.0 Å². The van der Waals surface area contributed by atoms with Crippen molar-refractivity contribution in [3.05, 3.63) is 0 Å². The molecule has 2 fully saturated rings. The Morgan fingerprint density at radius 3 is 2.25 bits per heavy atom. The summed E-state index contributed by atoms with van der Waals surface area (Å²) in [6.45, 7) is -0.755. The molecule has 2 atom stereocenters. The van der Waals surface area contributed by atoms with Crippen LogP contribution in [0.15, 0.2) is 0 Å². The molecule has 0 spiro atoms. The SMILES string of the molecule is NC1CCCC(N(CC(F)(F)F)C2CC2)C1. The predicted molar refractivity (Wildman–Crippen MR) is 56.0 cm³/mol. The molecular formula is C11H19F3N2. The van der Waals surface area contributed by atoms with E-state index in [-0.39, 0.29) is 18.1 Å². The molecule has 2 aliphatic carbocycles. The van der Waals surface area contributed by atoms with Crippen LogP contribution in [0.2, 0.25) is 0 Å². The molecule has 0 aromatic carbocycles. The van der Waals surface area contributed by atoms with Crippen LogP contribution in [-0.2, 0) is 0 Å². The van der Waals surface area contributed by atoms with Gasteiger partial charge in [0.1, 0.15) is 0 Å². The molecule has 0 amide bonds. The quantitative estimate of drug-likeness (QED) is 0.814. The Morgan fingerprint density at radius 2 is 1.75 bits per heavy atom. The summed E-state index contributed by atoms with van der Waals surface area (Å²) in [6, 6.07) is 0.308. The lowest BCUT2D eigenvalue weighted by molar-refractivity contribution is -0.154. The molecule has 0 bridgehead atoms. The van der Waals surface area contributed by atoms with E-state index in [0.29, 0.717) is 0 Å². The lowest BCUT2D eigenvalue weighted by atomic mass is 9.90. The van der Waals surface area contributed by atoms with E-state index in [0.717, 1.165) is 38.5 Å². The third kappa shape index (κ3) is 3.35. The summed E-state index contributed by atoms with van der Waals surface area (Å²) in [5.74, 6) is 0. The molecule has 0 aromatic rings. The fourth-order valence-electron chi connectivity index (χ4n) is 2.67. The predicted octanol–water partition coefficient (Wildman–Crippen LogP) is 2.28. The highest BCUT2D eigenvalue weighted by Gasteiger charge is 2.42. The molecule has 0 aromatic heterocycles. The van der Waals surface area contributed by atoms with Crippen LogP contribution in [-0.4, -0.2) is 35.7 Å². The summed E-state index contributed by atoms with van der Waals surface area (Å²) in [7, 11) is 0. The molecule has 2 N–H and O–H groups in total. The van der Waals surface area contributed by atoms with E-state index in [9.17, 15) is 13.2 Å². The van der Waals surface area contributed by atoms with Crippen molar-refractivity contribution in [3.63, 3.8) is 0 Å². The topological polar surface area (TPSA) is 29.3 Å². The maximum Gasteiger partial charge on any atom is 0.401 e. The first-order valence-corrected chi connectivity index (χ1v) is 6.04. The smallest absolute Gasteiger partial charge is 0.328 e. The Morgan fingerprint density at radius 1 is 1.06 bits per heavy atom. The van der Waals surface area contributed by atoms with Gasteiger partial charge in [0.2, 0.25) is 0 Å². The number of nitrogens with two attached hydrogens (primary N) is 1. The standard InChI is InChI=1S/C11H19F3N2/c12-11(13,14)7-16(9-4-5-9)10-3-1-2-8(15)6-10/h8-10H,1-7,15H2. The van der Waals surface area contributed by atoms with Crippen molar-refractivity contribution in [1.82, 2.24) is 4.90 Å². The molecule has 0 saturated heterocycles. The van der Waals surface area contributed by atoms with Crippen LogP contribution in [0.4, 0.5) is 13.2 Å². The first-order valence-electron chi connectivity index (χ1n) is 6.04. The summed E-state index contributed by atoms with van der Waals surface area (Å²) >= 11 is 0. The van der Waals surface area contributed by atoms with Gasteiger partial charge in [-0.2, -0.15) is 13.2 Å². The number of hydrogen-bond donors (Lipinski definition) is 1. The van der Waals surface area contributed by atoms with Crippen molar-refractivity contribution >= 4 is 0 Å². The summed E-state index contributed by atoms with van der Waals surface area (Å²) in [6.07, 6.45) is 1.29. The van der Waals surface area contributed by atoms with Crippen molar-refractivity contribution in [2.24, 2.45) is 5.73 Å². The molecule has 0 heterocycles. The number of nitrogens with zero attached hydrogens (tertiary/aromatic N) is 1. The lowest BCUT2D eigenvalue weighted by Crippen LogP contribution is -2.47. The number of halogens is 3. The van der Waals surface area contributed by atoms with E-state index < -0.39 is 12.7 Å². The van der Waals surface area contributed by atoms with Crippen molar-refractivity contribution < 1.29 is 13.2 Å². The van der Waals surface area contributed by atoms with Gasteiger partial charge >= 0.3 is 6.18 Å². The van der Waals surface area contributed by atoms with Gasteiger partial charge in [-0.05, 0) is 32.1 Å². The second kappa shape index (κ2) is 4.53. The third-order valence-corrected chi connectivity index (χ3v) is 3.53. The van der Waals surface area contributed by atoms with Crippen molar-refractivity contribution in [2.45, 2.75) is 62.8 Å². The zero-order valence-electron chi connectivity index (χ0n) is 9.34. The minimum atomic E-state index is -4.08. The summed E-state index contributed by atoms with van der Waals surface area (Å²) in [4.78, 5) is 1.65. The average molecular weight is 236 g/mol. The van der Waals surface area contributed by atoms with E-state index in [1.165, 1.54) is 0 Å². The molecule has 16 heavy (non-hydrogen) atoms. The van der Waals surface area contributed by atoms with Crippen molar-refractivity contribution in [2.75, 3.05) is 6.54 Å². The minimum Gasteiger partial charge on any atom is -0.328 e. The highest BCUT2D eigenvalue weighted by Crippen LogP contribution is 2.35. The van der Waals surface area contributed by atoms with Gasteiger partial charge in [-0.25, -0.2) is 0 Å². The van der Waals surface area contributed by atoms with Gasteiger partial charge in [0.25, 0.3) is 0 Å². The highest BCUT2D eigenvalue weighted by atomic mass is 19.4. The Balaban J connectivity index is 1.95. The average Bonchev–Trinajstić information content (AvgIpc) is 2.96. The molecule has 5 heteroatoms. The van der Waals surface area contributed by atoms with E-state index in [2.05, 4.69) is 0 Å².